The molecule has 5 aromatic rings. The summed E-state index contributed by atoms with van der Waals surface area (Å²) in [5, 5.41) is 19.0. The van der Waals surface area contributed by atoms with Crippen LogP contribution in [0.1, 0.15) is 110 Å². The SMILES string of the molecule is O=C1CCC(c2nn(C3CC3)c3c(C#CCO[C@H]4CCN(C[C@H]5CC[C@H](n6cc(NC(=O)c7cnn8ccc(N9CCOC(C(F)(F)F)C9)nc78)c(C(F)F)n6)CC5)C[C@H]4F)cccc23)C(=O)N1. The summed E-state index contributed by atoms with van der Waals surface area (Å²) >= 11 is 0. The first-order valence-corrected chi connectivity index (χ1v) is 23.0. The van der Waals surface area contributed by atoms with Gasteiger partial charge in [-0.05, 0) is 69.4 Å². The zero-order chi connectivity index (χ0) is 47.3. The molecule has 3 saturated heterocycles. The van der Waals surface area contributed by atoms with Crippen LogP contribution in [-0.4, -0.2) is 127 Å². The van der Waals surface area contributed by atoms with Crippen molar-refractivity contribution in [3.8, 4) is 11.8 Å². The third kappa shape index (κ3) is 9.52. The van der Waals surface area contributed by atoms with Gasteiger partial charge in [0.25, 0.3) is 12.3 Å². The summed E-state index contributed by atoms with van der Waals surface area (Å²) < 4.78 is 99.8. The number of morpholine rings is 1. The molecule has 4 aromatic heterocycles. The largest absolute Gasteiger partial charge is 0.416 e. The Labute approximate surface area is 385 Å². The number of benzene rings is 1. The average Bonchev–Trinajstić information content (AvgIpc) is 3.74. The van der Waals surface area contributed by atoms with Gasteiger partial charge in [0.15, 0.2) is 17.4 Å². The minimum absolute atomic E-state index is 0.0351. The van der Waals surface area contributed by atoms with Crippen molar-refractivity contribution in [2.45, 2.75) is 107 Å². The number of hydrogen-bond acceptors (Lipinski definition) is 11. The number of hydrogen-bond donors (Lipinski definition) is 2. The molecule has 0 radical (unpaired) electrons. The molecule has 360 valence electrons. The summed E-state index contributed by atoms with van der Waals surface area (Å²) in [6.45, 7) is 1.08. The summed E-state index contributed by atoms with van der Waals surface area (Å²) in [5.41, 5.74) is 1.45. The number of halogens is 6. The van der Waals surface area contributed by atoms with E-state index in [-0.39, 0.29) is 85.3 Å². The Morgan fingerprint density at radius 2 is 1.81 bits per heavy atom. The number of fused-ring (bicyclic) bond motifs is 2. The average molecular weight is 950 g/mol. The molecule has 0 spiro atoms. The molecule has 4 atom stereocenters. The number of imide groups is 1. The molecular weight excluding hydrogens is 901 g/mol. The maximum atomic E-state index is 15.6. The number of carbonyl (C=O) groups excluding carboxylic acids is 3. The monoisotopic (exact) mass is 949 g/mol. The van der Waals surface area contributed by atoms with Gasteiger partial charge in [0.1, 0.15) is 24.2 Å². The highest BCUT2D eigenvalue weighted by molar-refractivity contribution is 6.08. The van der Waals surface area contributed by atoms with E-state index in [2.05, 4.69) is 42.6 Å². The van der Waals surface area contributed by atoms with Crippen molar-refractivity contribution in [1.29, 1.82) is 0 Å². The third-order valence-electron chi connectivity index (χ3n) is 13.7. The number of para-hydroxylation sites is 1. The van der Waals surface area contributed by atoms with Crippen LogP contribution in [0.3, 0.4) is 0 Å². The van der Waals surface area contributed by atoms with Crippen molar-refractivity contribution < 1.29 is 50.2 Å². The molecule has 2 N–H and O–H groups in total. The summed E-state index contributed by atoms with van der Waals surface area (Å²) in [6.07, 6.45) is -1.38. The van der Waals surface area contributed by atoms with Gasteiger partial charge in [-0.1, -0.05) is 24.0 Å². The summed E-state index contributed by atoms with van der Waals surface area (Å²) in [4.78, 5) is 46.0. The molecule has 2 aliphatic carbocycles. The molecule has 3 aliphatic heterocycles. The molecule has 5 fully saturated rings. The quantitative estimate of drug-likeness (QED) is 0.0868. The Kier molecular flexibility index (Phi) is 12.6. The molecular formula is C46H49F6N11O5. The van der Waals surface area contributed by atoms with Gasteiger partial charge in [-0.2, -0.15) is 28.5 Å². The van der Waals surface area contributed by atoms with Crippen LogP contribution in [0.2, 0.25) is 0 Å². The van der Waals surface area contributed by atoms with Crippen LogP contribution >= 0.6 is 0 Å². The van der Waals surface area contributed by atoms with Gasteiger partial charge in [0.2, 0.25) is 11.8 Å². The van der Waals surface area contributed by atoms with E-state index in [0.29, 0.717) is 44.5 Å². The molecule has 5 aliphatic rings. The second-order valence-electron chi connectivity index (χ2n) is 18.3. The molecule has 10 rings (SSSR count). The number of rotatable bonds is 11. The molecule has 2 unspecified atom stereocenters. The van der Waals surface area contributed by atoms with E-state index in [1.807, 2.05) is 22.9 Å². The van der Waals surface area contributed by atoms with Crippen LogP contribution < -0.4 is 15.5 Å². The number of ether oxygens (including phenoxy) is 2. The van der Waals surface area contributed by atoms with Gasteiger partial charge in [-0.3, -0.25) is 34.0 Å². The van der Waals surface area contributed by atoms with Gasteiger partial charge in [0.05, 0.1) is 65.9 Å². The van der Waals surface area contributed by atoms with E-state index >= 15 is 4.39 Å². The molecule has 2 saturated carbocycles. The number of alkyl halides is 6. The van der Waals surface area contributed by atoms with Crippen molar-refractivity contribution >= 4 is 45.8 Å². The Bertz CT molecular complexity index is 2770. The highest BCUT2D eigenvalue weighted by Gasteiger charge is 2.44. The molecule has 68 heavy (non-hydrogen) atoms. The fourth-order valence-electron chi connectivity index (χ4n) is 9.94. The van der Waals surface area contributed by atoms with E-state index in [4.69, 9.17) is 14.6 Å². The molecule has 16 nitrogen and oxygen atoms in total. The van der Waals surface area contributed by atoms with Crippen LogP contribution in [0, 0.1) is 17.8 Å². The Hall–Kier alpha value is -6.05. The number of carbonyl (C=O) groups is 3. The second-order valence-corrected chi connectivity index (χ2v) is 18.3. The van der Waals surface area contributed by atoms with Gasteiger partial charge in [-0.25, -0.2) is 22.7 Å². The first-order valence-electron chi connectivity index (χ1n) is 23.0. The van der Waals surface area contributed by atoms with Crippen molar-refractivity contribution in [1.82, 2.24) is 44.4 Å². The van der Waals surface area contributed by atoms with Gasteiger partial charge in [0, 0.05) is 50.4 Å². The molecule has 1 aromatic carbocycles. The van der Waals surface area contributed by atoms with Gasteiger partial charge < -0.3 is 19.7 Å². The van der Waals surface area contributed by atoms with Crippen LogP contribution in [0.15, 0.2) is 42.9 Å². The van der Waals surface area contributed by atoms with Crippen molar-refractivity contribution in [2.24, 2.45) is 5.92 Å². The normalized spacial score (nSPS) is 25.2. The number of anilines is 2. The maximum absolute atomic E-state index is 15.6. The topological polar surface area (TPSA) is 166 Å². The Morgan fingerprint density at radius 1 is 1.00 bits per heavy atom. The van der Waals surface area contributed by atoms with Gasteiger partial charge >= 0.3 is 6.18 Å². The van der Waals surface area contributed by atoms with Gasteiger partial charge in [-0.15, -0.1) is 0 Å². The highest BCUT2D eigenvalue weighted by Crippen LogP contribution is 2.41. The number of piperidine rings is 2. The van der Waals surface area contributed by atoms with E-state index in [0.717, 1.165) is 42.1 Å². The molecule has 3 amide bonds. The van der Waals surface area contributed by atoms with Crippen molar-refractivity contribution in [3.63, 3.8) is 0 Å². The summed E-state index contributed by atoms with van der Waals surface area (Å²) in [6, 6.07) is 7.20. The Balaban J connectivity index is 0.713. The lowest BCUT2D eigenvalue weighted by atomic mass is 9.85. The van der Waals surface area contributed by atoms with E-state index < -0.39 is 55.0 Å². The first kappa shape index (κ1) is 45.7. The standard InChI is InChI=1S/C46H49F6N11O5/c47-33-23-59(16-14-35(33)67-19-2-4-27-3-1-5-30-39(31-12-13-38(64)56-44(31)65)58-63(41(27)30)29-10-11-29)22-26-6-8-28(9-7-26)62-24-34(40(57-62)42(48)49)54-45(66)32-21-53-61-17-15-37(55-43(32)61)60-18-20-68-36(25-60)46(50,51)52/h1,3,5,15,17,21,24,26,28-29,31,33,35-36,42H,6-14,16,18-20,22-23,25H2,(H,54,66)(H,56,64,65)/t26-,28-,31?,33-,35+,36?/m1/s1. The van der Waals surface area contributed by atoms with Crippen molar-refractivity contribution in [2.75, 3.05) is 56.2 Å². The summed E-state index contributed by atoms with van der Waals surface area (Å²) in [5.74, 6) is 4.79. The lowest BCUT2D eigenvalue weighted by Gasteiger charge is -2.38. The molecule has 7 heterocycles. The minimum Gasteiger partial charge on any atom is -0.365 e. The van der Waals surface area contributed by atoms with Crippen molar-refractivity contribution in [3.05, 3.63) is 65.4 Å². The number of amides is 3. The zero-order valence-corrected chi connectivity index (χ0v) is 36.8. The maximum Gasteiger partial charge on any atom is 0.416 e. The molecule has 0 bridgehead atoms. The van der Waals surface area contributed by atoms with Crippen LogP contribution in [-0.2, 0) is 19.1 Å². The van der Waals surface area contributed by atoms with Crippen LogP contribution in [0.25, 0.3) is 16.6 Å². The van der Waals surface area contributed by atoms with Crippen LogP contribution in [0.4, 0.5) is 37.8 Å². The minimum atomic E-state index is -4.57. The number of nitrogens with one attached hydrogen (secondary N) is 2. The fraction of sp³-hybridized carbons (Fsp3) is 0.543. The first-order chi connectivity index (χ1) is 32.8. The lowest BCUT2D eigenvalue weighted by Crippen LogP contribution is -2.49. The molecule has 22 heteroatoms. The predicted molar refractivity (Wildman–Crippen MR) is 233 cm³/mol. The number of nitrogens with zero attached hydrogens (tertiary/aromatic N) is 9. The van der Waals surface area contributed by atoms with E-state index in [1.54, 1.807) is 0 Å². The van der Waals surface area contributed by atoms with Crippen LogP contribution in [0.5, 0.6) is 0 Å². The zero-order valence-electron chi connectivity index (χ0n) is 36.8. The highest BCUT2D eigenvalue weighted by atomic mass is 19.4. The Morgan fingerprint density at radius 3 is 2.56 bits per heavy atom. The van der Waals surface area contributed by atoms with E-state index in [1.165, 1.54) is 38.8 Å². The smallest absolute Gasteiger partial charge is 0.365 e. The fourth-order valence-corrected chi connectivity index (χ4v) is 9.94. The lowest BCUT2D eigenvalue weighted by molar-refractivity contribution is -0.221. The number of aromatic nitrogens is 7. The predicted octanol–water partition coefficient (Wildman–Crippen LogP) is 6.30. The third-order valence-corrected chi connectivity index (χ3v) is 13.7. The van der Waals surface area contributed by atoms with E-state index in [9.17, 15) is 36.3 Å². The second kappa shape index (κ2) is 18.8. The summed E-state index contributed by atoms with van der Waals surface area (Å²) in [7, 11) is 0. The number of likely N-dealkylation sites (tertiary alicyclic amines) is 1.